The number of rotatable bonds is 6. The highest BCUT2D eigenvalue weighted by molar-refractivity contribution is 5.96. The quantitative estimate of drug-likeness (QED) is 0.621. The van der Waals surface area contributed by atoms with E-state index in [4.69, 9.17) is 0 Å². The zero-order valence-electron chi connectivity index (χ0n) is 19.4. The number of aryl methyl sites for hydroxylation is 2. The minimum absolute atomic E-state index is 0.0135. The Labute approximate surface area is 196 Å². The van der Waals surface area contributed by atoms with Crippen LogP contribution in [0.5, 0.6) is 0 Å². The minimum Gasteiger partial charge on any atom is -0.336 e. The number of carbonyl (C=O) groups excluding carboxylic acids is 2. The van der Waals surface area contributed by atoms with E-state index in [0.29, 0.717) is 32.7 Å². The Kier molecular flexibility index (Phi) is 7.20. The van der Waals surface area contributed by atoms with E-state index in [1.165, 1.54) is 5.56 Å². The van der Waals surface area contributed by atoms with Gasteiger partial charge in [-0.3, -0.25) is 14.5 Å². The predicted octanol–water partition coefficient (Wildman–Crippen LogP) is 4.29. The van der Waals surface area contributed by atoms with E-state index in [1.807, 2.05) is 79.4 Å². The van der Waals surface area contributed by atoms with Crippen molar-refractivity contribution in [3.05, 3.63) is 101 Å². The molecule has 1 heterocycles. The van der Waals surface area contributed by atoms with Gasteiger partial charge in [-0.25, -0.2) is 0 Å². The minimum atomic E-state index is -0.0135. The van der Waals surface area contributed by atoms with Crippen LogP contribution in [0, 0.1) is 13.8 Å². The van der Waals surface area contributed by atoms with Crippen LogP contribution in [0.1, 0.15) is 32.6 Å². The first-order valence-corrected chi connectivity index (χ1v) is 11.5. The number of benzene rings is 3. The standard InChI is InChI=1S/C28H31N3O2/c1-21-9-8-10-22(2)27(21)29-26(32)20-30-15-17-31(18-16-30)28(33)25-14-7-6-13-24(25)19-23-11-4-3-5-12-23/h3-14H,15-20H2,1-2H3,(H,29,32). The van der Waals surface area contributed by atoms with Gasteiger partial charge in [0, 0.05) is 37.4 Å². The Balaban J connectivity index is 1.34. The van der Waals surface area contributed by atoms with Gasteiger partial charge in [-0.2, -0.15) is 0 Å². The monoisotopic (exact) mass is 441 g/mol. The molecule has 0 saturated carbocycles. The van der Waals surface area contributed by atoms with E-state index in [2.05, 4.69) is 22.3 Å². The van der Waals surface area contributed by atoms with Gasteiger partial charge in [0.2, 0.25) is 5.91 Å². The maximum absolute atomic E-state index is 13.3. The van der Waals surface area contributed by atoms with Crippen molar-refractivity contribution in [2.24, 2.45) is 0 Å². The summed E-state index contributed by atoms with van der Waals surface area (Å²) in [5.41, 5.74) is 6.02. The van der Waals surface area contributed by atoms with E-state index in [9.17, 15) is 9.59 Å². The number of carbonyl (C=O) groups is 2. The van der Waals surface area contributed by atoms with Crippen LogP contribution in [0.4, 0.5) is 5.69 Å². The van der Waals surface area contributed by atoms with Crippen LogP contribution in [-0.2, 0) is 11.2 Å². The molecule has 0 bridgehead atoms. The first kappa shape index (κ1) is 22.7. The fourth-order valence-electron chi connectivity index (χ4n) is 4.37. The van der Waals surface area contributed by atoms with E-state index < -0.39 is 0 Å². The number of hydrogen-bond acceptors (Lipinski definition) is 3. The second kappa shape index (κ2) is 10.5. The molecule has 1 N–H and O–H groups in total. The molecule has 0 spiro atoms. The summed E-state index contributed by atoms with van der Waals surface area (Å²) in [6.07, 6.45) is 0.737. The summed E-state index contributed by atoms with van der Waals surface area (Å²) in [6.45, 7) is 6.95. The Morgan fingerprint density at radius 3 is 2.12 bits per heavy atom. The number of nitrogens with zero attached hydrogens (tertiary/aromatic N) is 2. The Morgan fingerprint density at radius 1 is 0.788 bits per heavy atom. The van der Waals surface area contributed by atoms with Crippen LogP contribution in [0.2, 0.25) is 0 Å². The molecule has 3 aromatic carbocycles. The lowest BCUT2D eigenvalue weighted by molar-refractivity contribution is -0.117. The second-order valence-corrected chi connectivity index (χ2v) is 8.70. The first-order valence-electron chi connectivity index (χ1n) is 11.5. The van der Waals surface area contributed by atoms with Crippen LogP contribution >= 0.6 is 0 Å². The molecule has 2 amide bonds. The highest BCUT2D eigenvalue weighted by Crippen LogP contribution is 2.20. The van der Waals surface area contributed by atoms with E-state index >= 15 is 0 Å². The third-order valence-electron chi connectivity index (χ3n) is 6.26. The summed E-state index contributed by atoms with van der Waals surface area (Å²) in [4.78, 5) is 29.9. The first-order chi connectivity index (χ1) is 16.0. The molecule has 1 aliphatic heterocycles. The molecular formula is C28H31N3O2. The fraction of sp³-hybridized carbons (Fsp3) is 0.286. The third-order valence-corrected chi connectivity index (χ3v) is 6.26. The van der Waals surface area contributed by atoms with Crippen molar-refractivity contribution in [2.75, 3.05) is 38.0 Å². The van der Waals surface area contributed by atoms with Crippen LogP contribution in [-0.4, -0.2) is 54.3 Å². The lowest BCUT2D eigenvalue weighted by Gasteiger charge is -2.34. The van der Waals surface area contributed by atoms with Gasteiger partial charge >= 0.3 is 0 Å². The molecule has 0 atom stereocenters. The van der Waals surface area contributed by atoms with Crippen molar-refractivity contribution in [3.8, 4) is 0 Å². The van der Waals surface area contributed by atoms with Crippen LogP contribution in [0.15, 0.2) is 72.8 Å². The van der Waals surface area contributed by atoms with Crippen LogP contribution < -0.4 is 5.32 Å². The average Bonchev–Trinajstić information content (AvgIpc) is 2.83. The molecule has 5 heteroatoms. The number of hydrogen-bond donors (Lipinski definition) is 1. The molecule has 0 aromatic heterocycles. The molecule has 4 rings (SSSR count). The molecule has 3 aromatic rings. The second-order valence-electron chi connectivity index (χ2n) is 8.70. The molecule has 33 heavy (non-hydrogen) atoms. The highest BCUT2D eigenvalue weighted by Gasteiger charge is 2.25. The molecule has 1 aliphatic rings. The lowest BCUT2D eigenvalue weighted by atomic mass is 9.99. The van der Waals surface area contributed by atoms with Gasteiger partial charge in [-0.15, -0.1) is 0 Å². The molecule has 1 fully saturated rings. The van der Waals surface area contributed by atoms with Gasteiger partial charge in [0.15, 0.2) is 0 Å². The van der Waals surface area contributed by atoms with E-state index in [1.54, 1.807) is 0 Å². The average molecular weight is 442 g/mol. The van der Waals surface area contributed by atoms with Gasteiger partial charge in [-0.05, 0) is 48.6 Å². The molecule has 170 valence electrons. The zero-order chi connectivity index (χ0) is 23.2. The predicted molar refractivity (Wildman–Crippen MR) is 133 cm³/mol. The summed E-state index contributed by atoms with van der Waals surface area (Å²) in [7, 11) is 0. The smallest absolute Gasteiger partial charge is 0.254 e. The highest BCUT2D eigenvalue weighted by atomic mass is 16.2. The van der Waals surface area contributed by atoms with E-state index in [-0.39, 0.29) is 11.8 Å². The normalized spacial score (nSPS) is 14.2. The summed E-state index contributed by atoms with van der Waals surface area (Å²) in [5.74, 6) is 0.0570. The number of piperazine rings is 1. The van der Waals surface area contributed by atoms with Crippen molar-refractivity contribution in [3.63, 3.8) is 0 Å². The fourth-order valence-corrected chi connectivity index (χ4v) is 4.37. The third kappa shape index (κ3) is 5.68. The number of nitrogens with one attached hydrogen (secondary N) is 1. The molecule has 0 unspecified atom stereocenters. The van der Waals surface area contributed by atoms with Crippen molar-refractivity contribution in [1.29, 1.82) is 0 Å². The zero-order valence-corrected chi connectivity index (χ0v) is 19.4. The Bertz CT molecular complexity index is 1100. The van der Waals surface area contributed by atoms with E-state index in [0.717, 1.165) is 34.4 Å². The Morgan fingerprint density at radius 2 is 1.42 bits per heavy atom. The van der Waals surface area contributed by atoms with Crippen LogP contribution in [0.25, 0.3) is 0 Å². The molecule has 0 aliphatic carbocycles. The van der Waals surface area contributed by atoms with Crippen molar-refractivity contribution in [2.45, 2.75) is 20.3 Å². The van der Waals surface area contributed by atoms with Gasteiger partial charge in [0.1, 0.15) is 0 Å². The van der Waals surface area contributed by atoms with Crippen molar-refractivity contribution >= 4 is 17.5 Å². The molecule has 1 saturated heterocycles. The topological polar surface area (TPSA) is 52.7 Å². The molecular weight excluding hydrogens is 410 g/mol. The van der Waals surface area contributed by atoms with Gasteiger partial charge in [0.05, 0.1) is 6.54 Å². The summed E-state index contributed by atoms with van der Waals surface area (Å²) in [5, 5.41) is 3.06. The lowest BCUT2D eigenvalue weighted by Crippen LogP contribution is -2.50. The molecule has 0 radical (unpaired) electrons. The number of anilines is 1. The largest absolute Gasteiger partial charge is 0.336 e. The van der Waals surface area contributed by atoms with Crippen molar-refractivity contribution < 1.29 is 9.59 Å². The van der Waals surface area contributed by atoms with Crippen molar-refractivity contribution in [1.82, 2.24) is 9.80 Å². The SMILES string of the molecule is Cc1cccc(C)c1NC(=O)CN1CCN(C(=O)c2ccccc2Cc2ccccc2)CC1. The van der Waals surface area contributed by atoms with Gasteiger partial charge in [-0.1, -0.05) is 66.7 Å². The summed E-state index contributed by atoms with van der Waals surface area (Å²) < 4.78 is 0. The van der Waals surface area contributed by atoms with Gasteiger partial charge < -0.3 is 10.2 Å². The Hall–Kier alpha value is -3.44. The van der Waals surface area contributed by atoms with Gasteiger partial charge in [0.25, 0.3) is 5.91 Å². The number of para-hydroxylation sites is 1. The van der Waals surface area contributed by atoms with Crippen LogP contribution in [0.3, 0.4) is 0 Å². The maximum Gasteiger partial charge on any atom is 0.254 e. The maximum atomic E-state index is 13.3. The summed E-state index contributed by atoms with van der Waals surface area (Å²) in [6, 6.07) is 24.1. The number of amides is 2. The molecule has 5 nitrogen and oxygen atoms in total. The summed E-state index contributed by atoms with van der Waals surface area (Å²) >= 11 is 0.